The lowest BCUT2D eigenvalue weighted by Gasteiger charge is -2.22. The van der Waals surface area contributed by atoms with Crippen LogP contribution in [0.25, 0.3) is 11.3 Å². The van der Waals surface area contributed by atoms with E-state index < -0.39 is 0 Å². The van der Waals surface area contributed by atoms with Crippen LogP contribution in [0, 0.1) is 0 Å². The largest absolute Gasteiger partial charge is 0.468 e. The van der Waals surface area contributed by atoms with Gasteiger partial charge in [-0.25, -0.2) is 0 Å². The van der Waals surface area contributed by atoms with Gasteiger partial charge in [0, 0.05) is 30.9 Å². The molecule has 0 bridgehead atoms. The fourth-order valence-corrected chi connectivity index (χ4v) is 3.84. The van der Waals surface area contributed by atoms with Gasteiger partial charge < -0.3 is 9.47 Å². The number of carbonyl (C=O) groups is 1. The summed E-state index contributed by atoms with van der Waals surface area (Å²) < 4.78 is 12.7. The van der Waals surface area contributed by atoms with E-state index >= 15 is 0 Å². The molecule has 150 valence electrons. The first-order valence-electron chi connectivity index (χ1n) is 9.82. The highest BCUT2D eigenvalue weighted by atomic mass is 16.5. The molecule has 6 nitrogen and oxygen atoms in total. The molecule has 0 unspecified atom stereocenters. The van der Waals surface area contributed by atoms with Gasteiger partial charge in [-0.15, -0.1) is 0 Å². The smallest absolute Gasteiger partial charge is 0.323 e. The van der Waals surface area contributed by atoms with Crippen molar-refractivity contribution in [3.63, 3.8) is 0 Å². The maximum absolute atomic E-state index is 12.1. The summed E-state index contributed by atoms with van der Waals surface area (Å²) in [6, 6.07) is 17.5. The van der Waals surface area contributed by atoms with Crippen LogP contribution in [-0.4, -0.2) is 40.3 Å². The number of rotatable bonds is 6. The van der Waals surface area contributed by atoms with Gasteiger partial charge in [-0.05, 0) is 55.8 Å². The Labute approximate surface area is 170 Å². The van der Waals surface area contributed by atoms with E-state index in [9.17, 15) is 4.79 Å². The number of aromatic nitrogens is 2. The number of likely N-dealkylation sites (tertiary alicyclic amines) is 1. The van der Waals surface area contributed by atoms with Crippen LogP contribution in [0.5, 0.6) is 11.5 Å². The predicted octanol–water partition coefficient (Wildman–Crippen LogP) is 4.02. The van der Waals surface area contributed by atoms with E-state index in [1.165, 1.54) is 7.11 Å². The number of esters is 1. The number of carbonyl (C=O) groups excluding carboxylic acids is 1. The molecular formula is C23H25N3O3. The number of aryl methyl sites for hydroxylation is 1. The van der Waals surface area contributed by atoms with E-state index in [2.05, 4.69) is 10.00 Å². The molecule has 0 saturated carbocycles. The molecule has 0 aliphatic carbocycles. The van der Waals surface area contributed by atoms with Crippen molar-refractivity contribution in [1.82, 2.24) is 14.7 Å². The van der Waals surface area contributed by atoms with Crippen LogP contribution in [0.3, 0.4) is 0 Å². The molecule has 6 heteroatoms. The molecule has 1 aliphatic rings. The summed E-state index contributed by atoms with van der Waals surface area (Å²) in [7, 11) is 3.37. The molecule has 0 N–H and O–H groups in total. The normalized spacial score (nSPS) is 16.7. The minimum absolute atomic E-state index is 0.157. The van der Waals surface area contributed by atoms with Crippen LogP contribution in [-0.2, 0) is 23.1 Å². The molecule has 1 aliphatic heterocycles. The Balaban J connectivity index is 1.53. The van der Waals surface area contributed by atoms with Crippen LogP contribution in [0.1, 0.15) is 18.4 Å². The van der Waals surface area contributed by atoms with Gasteiger partial charge in [0.25, 0.3) is 0 Å². The highest BCUT2D eigenvalue weighted by molar-refractivity contribution is 5.76. The lowest BCUT2D eigenvalue weighted by Crippen LogP contribution is -2.36. The molecule has 0 amide bonds. The summed E-state index contributed by atoms with van der Waals surface area (Å²) in [6.07, 6.45) is 3.87. The summed E-state index contributed by atoms with van der Waals surface area (Å²) in [5, 5.41) is 4.66. The topological polar surface area (TPSA) is 56.6 Å². The molecule has 2 heterocycles. The van der Waals surface area contributed by atoms with Crippen molar-refractivity contribution >= 4 is 5.97 Å². The number of hydrogen-bond donors (Lipinski definition) is 0. The average Bonchev–Trinajstić information content (AvgIpc) is 3.35. The second kappa shape index (κ2) is 8.49. The van der Waals surface area contributed by atoms with Gasteiger partial charge in [0.05, 0.1) is 12.8 Å². The fraction of sp³-hybridized carbons (Fsp3) is 0.304. The van der Waals surface area contributed by atoms with Crippen molar-refractivity contribution in [3.8, 4) is 22.8 Å². The summed E-state index contributed by atoms with van der Waals surface area (Å²) in [6.45, 7) is 1.56. The number of ether oxygens (including phenoxy) is 2. The number of methoxy groups -OCH3 is 1. The third-order valence-electron chi connectivity index (χ3n) is 5.22. The minimum atomic E-state index is -0.172. The Bertz CT molecular complexity index is 967. The van der Waals surface area contributed by atoms with Gasteiger partial charge in [-0.1, -0.05) is 18.2 Å². The number of nitrogens with zero attached hydrogens (tertiary/aromatic N) is 3. The van der Waals surface area contributed by atoms with Crippen molar-refractivity contribution in [2.75, 3.05) is 13.7 Å². The molecule has 0 radical (unpaired) electrons. The Hall–Kier alpha value is -3.12. The fourth-order valence-electron chi connectivity index (χ4n) is 3.84. The Morgan fingerprint density at radius 1 is 1.10 bits per heavy atom. The van der Waals surface area contributed by atoms with Crippen LogP contribution in [0.4, 0.5) is 0 Å². The van der Waals surface area contributed by atoms with Gasteiger partial charge >= 0.3 is 5.97 Å². The lowest BCUT2D eigenvalue weighted by atomic mass is 10.1. The monoisotopic (exact) mass is 391 g/mol. The first-order valence-corrected chi connectivity index (χ1v) is 9.82. The number of hydrogen-bond acceptors (Lipinski definition) is 5. The first-order chi connectivity index (χ1) is 14.1. The molecule has 4 rings (SSSR count). The second-order valence-electron chi connectivity index (χ2n) is 7.27. The van der Waals surface area contributed by atoms with Gasteiger partial charge in [-0.2, -0.15) is 5.10 Å². The highest BCUT2D eigenvalue weighted by Gasteiger charge is 2.32. The minimum Gasteiger partial charge on any atom is -0.468 e. The molecule has 1 aromatic heterocycles. The average molecular weight is 391 g/mol. The molecule has 29 heavy (non-hydrogen) atoms. The molecule has 1 saturated heterocycles. The molecule has 2 aromatic carbocycles. The molecular weight excluding hydrogens is 366 g/mol. The van der Waals surface area contributed by atoms with E-state index in [4.69, 9.17) is 9.47 Å². The summed E-state index contributed by atoms with van der Waals surface area (Å²) in [5.74, 6) is 1.43. The highest BCUT2D eigenvalue weighted by Crippen LogP contribution is 2.29. The quantitative estimate of drug-likeness (QED) is 0.594. The van der Waals surface area contributed by atoms with E-state index in [0.717, 1.165) is 47.7 Å². The van der Waals surface area contributed by atoms with E-state index in [1.54, 1.807) is 0 Å². The van der Waals surface area contributed by atoms with Crippen molar-refractivity contribution in [3.05, 3.63) is 66.4 Å². The molecule has 0 spiro atoms. The summed E-state index contributed by atoms with van der Waals surface area (Å²) in [4.78, 5) is 14.2. The summed E-state index contributed by atoms with van der Waals surface area (Å²) >= 11 is 0. The van der Waals surface area contributed by atoms with Crippen LogP contribution >= 0.6 is 0 Å². The Morgan fingerprint density at radius 3 is 2.55 bits per heavy atom. The standard InChI is InChI=1S/C23H25N3O3/c1-25-15-18(16-26-14-6-9-21(26)23(27)28-2)22(24-25)17-10-12-20(13-11-17)29-19-7-4-3-5-8-19/h3-5,7-8,10-13,15,21H,6,9,14,16H2,1-2H3/t21-/m0/s1. The maximum atomic E-state index is 12.1. The third-order valence-corrected chi connectivity index (χ3v) is 5.22. The lowest BCUT2D eigenvalue weighted by molar-refractivity contribution is -0.146. The molecule has 3 aromatic rings. The van der Waals surface area contributed by atoms with Crippen LogP contribution < -0.4 is 4.74 Å². The molecule has 1 atom stereocenters. The predicted molar refractivity (Wildman–Crippen MR) is 111 cm³/mol. The Morgan fingerprint density at radius 2 is 1.83 bits per heavy atom. The van der Waals surface area contributed by atoms with E-state index in [-0.39, 0.29) is 12.0 Å². The zero-order valence-corrected chi connectivity index (χ0v) is 16.7. The summed E-state index contributed by atoms with van der Waals surface area (Å²) in [5.41, 5.74) is 3.05. The SMILES string of the molecule is COC(=O)[C@@H]1CCCN1Cc1cn(C)nc1-c1ccc(Oc2ccccc2)cc1. The zero-order chi connectivity index (χ0) is 20.2. The molecule has 1 fully saturated rings. The van der Waals surface area contributed by atoms with Crippen molar-refractivity contribution < 1.29 is 14.3 Å². The van der Waals surface area contributed by atoms with Crippen molar-refractivity contribution in [1.29, 1.82) is 0 Å². The van der Waals surface area contributed by atoms with Gasteiger partial charge in [-0.3, -0.25) is 14.4 Å². The van der Waals surface area contributed by atoms with Gasteiger partial charge in [0.15, 0.2) is 0 Å². The zero-order valence-electron chi connectivity index (χ0n) is 16.7. The van der Waals surface area contributed by atoms with Crippen molar-refractivity contribution in [2.45, 2.75) is 25.4 Å². The third kappa shape index (κ3) is 4.32. The van der Waals surface area contributed by atoms with Crippen molar-refractivity contribution in [2.24, 2.45) is 7.05 Å². The second-order valence-corrected chi connectivity index (χ2v) is 7.27. The Kier molecular flexibility index (Phi) is 5.62. The van der Waals surface area contributed by atoms with Gasteiger partial charge in [0.1, 0.15) is 17.5 Å². The van der Waals surface area contributed by atoms with E-state index in [1.807, 2.05) is 72.5 Å². The number of benzene rings is 2. The van der Waals surface area contributed by atoms with Gasteiger partial charge in [0.2, 0.25) is 0 Å². The number of para-hydroxylation sites is 1. The van der Waals surface area contributed by atoms with E-state index in [0.29, 0.717) is 6.54 Å². The van der Waals surface area contributed by atoms with Crippen LogP contribution in [0.2, 0.25) is 0 Å². The first kappa shape index (κ1) is 19.2. The van der Waals surface area contributed by atoms with Crippen LogP contribution in [0.15, 0.2) is 60.8 Å². The maximum Gasteiger partial charge on any atom is 0.323 e.